The van der Waals surface area contributed by atoms with E-state index in [4.69, 9.17) is 20.8 Å². The molecule has 2 heterocycles. The second-order valence-corrected chi connectivity index (χ2v) is 3.69. The molecule has 0 bridgehead atoms. The van der Waals surface area contributed by atoms with Gasteiger partial charge in [-0.3, -0.25) is 4.79 Å². The molecule has 0 radical (unpaired) electrons. The smallest absolute Gasteiger partial charge is 0.239 e. The van der Waals surface area contributed by atoms with Crippen molar-refractivity contribution in [3.05, 3.63) is 24.2 Å². The Kier molecular flexibility index (Phi) is 2.98. The third kappa shape index (κ3) is 2.01. The number of furan rings is 1. The van der Waals surface area contributed by atoms with Crippen molar-refractivity contribution in [2.45, 2.75) is 19.3 Å². The van der Waals surface area contributed by atoms with E-state index in [9.17, 15) is 4.79 Å². The van der Waals surface area contributed by atoms with Gasteiger partial charge in [0, 0.05) is 0 Å². The molecule has 0 aromatic carbocycles. The monoisotopic (exact) mass is 229 g/mol. The van der Waals surface area contributed by atoms with Gasteiger partial charge < -0.3 is 14.1 Å². The number of carbonyl (C=O) groups excluding carboxylic acids is 1. The molecule has 0 spiro atoms. The molecule has 2 atom stereocenters. The van der Waals surface area contributed by atoms with Crippen LogP contribution in [0.15, 0.2) is 22.8 Å². The summed E-state index contributed by atoms with van der Waals surface area (Å²) in [5.74, 6) is 0.614. The van der Waals surface area contributed by atoms with Gasteiger partial charge in [0.25, 0.3) is 0 Å². The molecule has 1 amide bonds. The van der Waals surface area contributed by atoms with Crippen LogP contribution in [-0.2, 0) is 9.53 Å². The van der Waals surface area contributed by atoms with Crippen LogP contribution in [0, 0.1) is 0 Å². The van der Waals surface area contributed by atoms with Crippen molar-refractivity contribution in [2.24, 2.45) is 0 Å². The Bertz CT molecular complexity index is 338. The van der Waals surface area contributed by atoms with E-state index in [0.717, 1.165) is 5.76 Å². The summed E-state index contributed by atoms with van der Waals surface area (Å²) in [5.41, 5.74) is 0. The summed E-state index contributed by atoms with van der Waals surface area (Å²) in [5, 5.41) is 0. The summed E-state index contributed by atoms with van der Waals surface area (Å²) in [4.78, 5) is 13.0. The summed E-state index contributed by atoms with van der Waals surface area (Å²) in [6.07, 6.45) is 1.17. The van der Waals surface area contributed by atoms with E-state index in [2.05, 4.69) is 0 Å². The van der Waals surface area contributed by atoms with Crippen LogP contribution in [0.1, 0.15) is 18.8 Å². The van der Waals surface area contributed by atoms with Crippen LogP contribution in [0.4, 0.5) is 0 Å². The number of carbonyl (C=O) groups is 1. The highest BCUT2D eigenvalue weighted by Gasteiger charge is 2.34. The maximum atomic E-state index is 11.4. The minimum Gasteiger partial charge on any atom is -0.467 e. The van der Waals surface area contributed by atoms with E-state index in [-0.39, 0.29) is 24.1 Å². The van der Waals surface area contributed by atoms with Gasteiger partial charge in [0.15, 0.2) is 0 Å². The van der Waals surface area contributed by atoms with E-state index >= 15 is 0 Å². The number of halogens is 1. The molecule has 2 rings (SSSR count). The Morgan fingerprint density at radius 2 is 2.53 bits per heavy atom. The molecule has 1 aromatic rings. The highest BCUT2D eigenvalue weighted by Crippen LogP contribution is 2.28. The second-order valence-electron chi connectivity index (χ2n) is 3.42. The molecule has 82 valence electrons. The number of amides is 1. The van der Waals surface area contributed by atoms with E-state index in [0.29, 0.717) is 6.54 Å². The average Bonchev–Trinajstić information content (AvgIpc) is 2.84. The fraction of sp³-hybridized carbons (Fsp3) is 0.500. The molecule has 0 saturated carbocycles. The lowest BCUT2D eigenvalue weighted by Gasteiger charge is -2.17. The summed E-state index contributed by atoms with van der Waals surface area (Å²) >= 11 is 5.50. The van der Waals surface area contributed by atoms with Gasteiger partial charge in [-0.25, -0.2) is 0 Å². The zero-order valence-electron chi connectivity index (χ0n) is 8.35. The molecule has 1 fully saturated rings. The number of rotatable bonds is 2. The molecular formula is C10H12ClNO3. The zero-order valence-corrected chi connectivity index (χ0v) is 9.11. The maximum absolute atomic E-state index is 11.4. The summed E-state index contributed by atoms with van der Waals surface area (Å²) in [6, 6.07) is 3.64. The Morgan fingerprint density at radius 3 is 3.13 bits per heavy atom. The van der Waals surface area contributed by atoms with Crippen LogP contribution in [0.25, 0.3) is 0 Å². The lowest BCUT2D eigenvalue weighted by molar-refractivity contribution is -0.132. The van der Waals surface area contributed by atoms with Crippen molar-refractivity contribution in [1.29, 1.82) is 0 Å². The van der Waals surface area contributed by atoms with Crippen molar-refractivity contribution in [2.75, 3.05) is 12.4 Å². The third-order valence-electron chi connectivity index (χ3n) is 2.46. The summed E-state index contributed by atoms with van der Waals surface area (Å²) < 4.78 is 10.8. The van der Waals surface area contributed by atoms with Gasteiger partial charge in [-0.1, -0.05) is 0 Å². The molecular weight excluding hydrogens is 218 g/mol. The first-order chi connectivity index (χ1) is 7.22. The molecule has 4 nitrogen and oxygen atoms in total. The number of alkyl halides is 1. The van der Waals surface area contributed by atoms with Gasteiger partial charge in [0.05, 0.1) is 12.8 Å². The normalized spacial score (nSPS) is 25.9. The average molecular weight is 230 g/mol. The molecule has 5 heteroatoms. The van der Waals surface area contributed by atoms with Gasteiger partial charge in [0.2, 0.25) is 5.91 Å². The largest absolute Gasteiger partial charge is 0.467 e. The minimum atomic E-state index is -0.244. The number of nitrogens with zero attached hydrogens (tertiary/aromatic N) is 1. The van der Waals surface area contributed by atoms with E-state index < -0.39 is 0 Å². The number of hydrogen-bond acceptors (Lipinski definition) is 3. The van der Waals surface area contributed by atoms with Crippen molar-refractivity contribution in [3.63, 3.8) is 0 Å². The van der Waals surface area contributed by atoms with E-state index in [1.54, 1.807) is 17.2 Å². The van der Waals surface area contributed by atoms with Crippen LogP contribution >= 0.6 is 11.6 Å². The Balaban J connectivity index is 2.07. The first-order valence-corrected chi connectivity index (χ1v) is 5.30. The SMILES string of the molecule is CC1OC(c2ccco2)CN1C(=O)CCl. The van der Waals surface area contributed by atoms with E-state index in [1.807, 2.05) is 13.0 Å². The Labute approximate surface area is 92.7 Å². The predicted molar refractivity (Wildman–Crippen MR) is 54.4 cm³/mol. The lowest BCUT2D eigenvalue weighted by Crippen LogP contribution is -2.35. The molecule has 15 heavy (non-hydrogen) atoms. The molecule has 0 N–H and O–H groups in total. The fourth-order valence-corrected chi connectivity index (χ4v) is 1.85. The van der Waals surface area contributed by atoms with Crippen LogP contribution in [-0.4, -0.2) is 29.5 Å². The minimum absolute atomic E-state index is 0.0153. The van der Waals surface area contributed by atoms with Crippen molar-refractivity contribution >= 4 is 17.5 Å². The maximum Gasteiger partial charge on any atom is 0.239 e. The number of ether oxygens (including phenoxy) is 1. The zero-order chi connectivity index (χ0) is 10.8. The highest BCUT2D eigenvalue weighted by atomic mass is 35.5. The Morgan fingerprint density at radius 1 is 1.73 bits per heavy atom. The van der Waals surface area contributed by atoms with Crippen molar-refractivity contribution in [3.8, 4) is 0 Å². The molecule has 1 saturated heterocycles. The third-order valence-corrected chi connectivity index (χ3v) is 2.69. The molecule has 0 aliphatic carbocycles. The van der Waals surface area contributed by atoms with Crippen molar-refractivity contribution in [1.82, 2.24) is 4.90 Å². The van der Waals surface area contributed by atoms with Gasteiger partial charge in [-0.2, -0.15) is 0 Å². The van der Waals surface area contributed by atoms with E-state index in [1.165, 1.54) is 0 Å². The van der Waals surface area contributed by atoms with Crippen LogP contribution in [0.2, 0.25) is 0 Å². The first-order valence-electron chi connectivity index (χ1n) is 4.76. The predicted octanol–water partition coefficient (Wildman–Crippen LogP) is 1.76. The topological polar surface area (TPSA) is 42.7 Å². The fourth-order valence-electron chi connectivity index (χ4n) is 1.69. The second kappa shape index (κ2) is 4.24. The van der Waals surface area contributed by atoms with Crippen LogP contribution in [0.5, 0.6) is 0 Å². The van der Waals surface area contributed by atoms with Gasteiger partial charge in [0.1, 0.15) is 24.0 Å². The standard InChI is InChI=1S/C10H12ClNO3/c1-7-12(10(13)5-11)6-9(15-7)8-3-2-4-14-8/h2-4,7,9H,5-6H2,1H3. The molecule has 1 aliphatic rings. The van der Waals surface area contributed by atoms with Gasteiger partial charge in [-0.15, -0.1) is 11.6 Å². The summed E-state index contributed by atoms with van der Waals surface area (Å²) in [6.45, 7) is 2.33. The van der Waals surface area contributed by atoms with Crippen LogP contribution < -0.4 is 0 Å². The number of hydrogen-bond donors (Lipinski definition) is 0. The van der Waals surface area contributed by atoms with Gasteiger partial charge >= 0.3 is 0 Å². The Hall–Kier alpha value is -1.000. The van der Waals surface area contributed by atoms with Crippen molar-refractivity contribution < 1.29 is 13.9 Å². The first kappa shape index (κ1) is 10.5. The van der Waals surface area contributed by atoms with Crippen LogP contribution in [0.3, 0.4) is 0 Å². The quantitative estimate of drug-likeness (QED) is 0.726. The lowest BCUT2D eigenvalue weighted by atomic mass is 10.3. The molecule has 2 unspecified atom stereocenters. The molecule has 1 aromatic heterocycles. The molecule has 1 aliphatic heterocycles. The van der Waals surface area contributed by atoms with Gasteiger partial charge in [-0.05, 0) is 19.1 Å². The summed E-state index contributed by atoms with van der Waals surface area (Å²) in [7, 11) is 0. The highest BCUT2D eigenvalue weighted by molar-refractivity contribution is 6.27.